The first kappa shape index (κ1) is 6.12. The molecule has 0 fully saturated rings. The summed E-state index contributed by atoms with van der Waals surface area (Å²) < 4.78 is 1.02. The van der Waals surface area contributed by atoms with Crippen molar-refractivity contribution in [3.8, 4) is 0 Å². The molecular formula is C2H7IOP-. The monoisotopic (exact) mass is 205 g/mol. The molecule has 0 radical (unpaired) electrons. The molecule has 34 valence electrons. The van der Waals surface area contributed by atoms with E-state index in [1.165, 1.54) is 0 Å². The summed E-state index contributed by atoms with van der Waals surface area (Å²) in [5.41, 5.74) is 0. The van der Waals surface area contributed by atoms with Gasteiger partial charge in [0.1, 0.15) is 0 Å². The summed E-state index contributed by atoms with van der Waals surface area (Å²) in [5.74, 6) is 0. The van der Waals surface area contributed by atoms with Crippen LogP contribution in [-0.2, 0) is 0 Å². The summed E-state index contributed by atoms with van der Waals surface area (Å²) in [6.45, 7) is 3.02. The van der Waals surface area contributed by atoms with E-state index >= 15 is 0 Å². The molecule has 1 unspecified atom stereocenters. The predicted octanol–water partition coefficient (Wildman–Crippen LogP) is -3.14. The van der Waals surface area contributed by atoms with E-state index in [0.29, 0.717) is 6.61 Å². The fourth-order valence-electron chi connectivity index (χ4n) is 0.0488. The van der Waals surface area contributed by atoms with E-state index in [1.54, 1.807) is 0 Å². The molecule has 0 saturated heterocycles. The second-order valence-electron chi connectivity index (χ2n) is 0.567. The molecule has 0 saturated carbocycles. The molecule has 1 N–H and O–H groups in total. The molecule has 0 aromatic rings. The third-order valence-electron chi connectivity index (χ3n) is 0.194. The van der Waals surface area contributed by atoms with Crippen LogP contribution >= 0.6 is 6.88 Å². The summed E-state index contributed by atoms with van der Waals surface area (Å²) >= 11 is 0.274. The Morgan fingerprint density at radius 1 is 1.80 bits per heavy atom. The maximum atomic E-state index is 8.08. The third kappa shape index (κ3) is 5.12. The third-order valence-corrected chi connectivity index (χ3v) is 2.76. The number of hydrogen-bond acceptors (Lipinski definition) is 1. The van der Waals surface area contributed by atoms with Crippen LogP contribution < -0.4 is 20.7 Å². The Labute approximate surface area is 44.0 Å². The quantitative estimate of drug-likeness (QED) is 0.287. The molecule has 0 aromatic heterocycles. The van der Waals surface area contributed by atoms with Gasteiger partial charge in [0, 0.05) is 0 Å². The SMILES string of the molecule is OCC[I-]P. The first-order valence-electron chi connectivity index (χ1n) is 1.30. The van der Waals surface area contributed by atoms with E-state index in [-0.39, 0.29) is 20.7 Å². The van der Waals surface area contributed by atoms with Gasteiger partial charge in [0.2, 0.25) is 0 Å². The molecular weight excluding hydrogens is 198 g/mol. The van der Waals surface area contributed by atoms with Crippen molar-refractivity contribution in [2.75, 3.05) is 11.0 Å². The molecule has 0 heterocycles. The normalized spacial score (nSPS) is 9.20. The Balaban J connectivity index is 2.19. The Hall–Kier alpha value is 1.12. The molecule has 0 aromatic carbocycles. The fourth-order valence-corrected chi connectivity index (χ4v) is 0.982. The average molecular weight is 205 g/mol. The van der Waals surface area contributed by atoms with E-state index in [0.717, 1.165) is 4.43 Å². The van der Waals surface area contributed by atoms with Crippen molar-refractivity contribution < 1.29 is 25.8 Å². The first-order chi connectivity index (χ1) is 2.41. The van der Waals surface area contributed by atoms with Crippen LogP contribution in [0.5, 0.6) is 0 Å². The molecule has 3 heteroatoms. The number of alkyl halides is 1. The maximum absolute atomic E-state index is 8.08. The number of aliphatic hydroxyl groups is 1. The summed E-state index contributed by atoms with van der Waals surface area (Å²) in [7, 11) is 0. The van der Waals surface area contributed by atoms with E-state index in [9.17, 15) is 0 Å². The van der Waals surface area contributed by atoms with Crippen molar-refractivity contribution in [3.05, 3.63) is 0 Å². The van der Waals surface area contributed by atoms with Gasteiger partial charge in [0.15, 0.2) is 0 Å². The van der Waals surface area contributed by atoms with Gasteiger partial charge in [-0.1, -0.05) is 0 Å². The van der Waals surface area contributed by atoms with Crippen molar-refractivity contribution in [2.24, 2.45) is 0 Å². The number of aliphatic hydroxyl groups excluding tert-OH is 1. The number of halogens is 1. The molecule has 0 rings (SSSR count). The summed E-state index contributed by atoms with van der Waals surface area (Å²) in [6, 6.07) is 0. The number of rotatable bonds is 2. The second-order valence-corrected chi connectivity index (χ2v) is 4.60. The average Bonchev–Trinajstić information content (AvgIpc) is 1.41. The van der Waals surface area contributed by atoms with Crippen LogP contribution in [0, 0.1) is 0 Å². The molecule has 1 nitrogen and oxygen atoms in total. The van der Waals surface area contributed by atoms with Crippen LogP contribution in [0.25, 0.3) is 0 Å². The summed E-state index contributed by atoms with van der Waals surface area (Å²) in [5, 5.41) is 8.08. The minimum atomic E-state index is 0.274. The van der Waals surface area contributed by atoms with Crippen molar-refractivity contribution in [1.29, 1.82) is 0 Å². The Morgan fingerprint density at radius 3 is 2.40 bits per heavy atom. The summed E-state index contributed by atoms with van der Waals surface area (Å²) in [6.07, 6.45) is 0. The Kier molecular flexibility index (Phi) is 6.27. The Morgan fingerprint density at radius 2 is 2.40 bits per heavy atom. The number of hydrogen-bond donors (Lipinski definition) is 1. The van der Waals surface area contributed by atoms with Gasteiger partial charge in [0.25, 0.3) is 0 Å². The van der Waals surface area contributed by atoms with Crippen molar-refractivity contribution in [1.82, 2.24) is 0 Å². The van der Waals surface area contributed by atoms with Crippen molar-refractivity contribution >= 4 is 6.88 Å². The van der Waals surface area contributed by atoms with Gasteiger partial charge in [-0.15, -0.1) is 0 Å². The zero-order valence-electron chi connectivity index (χ0n) is 2.82. The zero-order chi connectivity index (χ0) is 4.12. The zero-order valence-corrected chi connectivity index (χ0v) is 6.13. The van der Waals surface area contributed by atoms with Crippen LogP contribution in [0.4, 0.5) is 0 Å². The fraction of sp³-hybridized carbons (Fsp3) is 1.00. The predicted molar refractivity (Wildman–Crippen MR) is 21.7 cm³/mol. The van der Waals surface area contributed by atoms with E-state index in [1.807, 2.05) is 0 Å². The van der Waals surface area contributed by atoms with E-state index in [2.05, 4.69) is 6.88 Å². The molecule has 0 aliphatic heterocycles. The first-order valence-corrected chi connectivity index (χ1v) is 7.00. The van der Waals surface area contributed by atoms with Gasteiger partial charge in [0.05, 0.1) is 0 Å². The molecule has 5 heavy (non-hydrogen) atoms. The topological polar surface area (TPSA) is 20.2 Å². The molecule has 0 aliphatic rings. The van der Waals surface area contributed by atoms with Crippen LogP contribution in [-0.4, -0.2) is 16.1 Å². The molecule has 0 bridgehead atoms. The van der Waals surface area contributed by atoms with Crippen LogP contribution in [0.1, 0.15) is 0 Å². The van der Waals surface area contributed by atoms with Gasteiger partial charge >= 0.3 is 43.7 Å². The van der Waals surface area contributed by atoms with Gasteiger partial charge in [-0.2, -0.15) is 0 Å². The van der Waals surface area contributed by atoms with Gasteiger partial charge in [-0.25, -0.2) is 0 Å². The van der Waals surface area contributed by atoms with E-state index in [4.69, 9.17) is 5.11 Å². The Bertz CT molecular complexity index is 17.1. The molecule has 0 aliphatic carbocycles. The van der Waals surface area contributed by atoms with Crippen molar-refractivity contribution in [3.63, 3.8) is 0 Å². The van der Waals surface area contributed by atoms with Gasteiger partial charge in [-0.05, 0) is 0 Å². The minimum absolute atomic E-state index is 0.274. The van der Waals surface area contributed by atoms with Crippen LogP contribution in [0.3, 0.4) is 0 Å². The van der Waals surface area contributed by atoms with E-state index < -0.39 is 0 Å². The van der Waals surface area contributed by atoms with Crippen LogP contribution in [0.15, 0.2) is 0 Å². The second kappa shape index (κ2) is 5.12. The molecule has 0 spiro atoms. The van der Waals surface area contributed by atoms with Gasteiger partial charge in [-0.3, -0.25) is 0 Å². The molecule has 1 atom stereocenters. The standard InChI is InChI=1S/C2H7IOP/c4-2-1-3-5/h4H,1-2,5H2/q-1. The van der Waals surface area contributed by atoms with Crippen molar-refractivity contribution in [2.45, 2.75) is 0 Å². The van der Waals surface area contributed by atoms with Crippen LogP contribution in [0.2, 0.25) is 0 Å². The molecule has 0 amide bonds. The summed E-state index contributed by atoms with van der Waals surface area (Å²) in [4.78, 5) is 0. The van der Waals surface area contributed by atoms with Gasteiger partial charge < -0.3 is 0 Å².